The van der Waals surface area contributed by atoms with Crippen molar-refractivity contribution in [3.05, 3.63) is 39.3 Å². The molecule has 0 spiro atoms. The number of nitrogens with zero attached hydrogens (tertiary/aromatic N) is 4. The molecule has 0 bridgehead atoms. The van der Waals surface area contributed by atoms with E-state index in [1.165, 1.54) is 23.3 Å². The molecule has 7 heteroatoms. The Bertz CT molecular complexity index is 893. The zero-order valence-electron chi connectivity index (χ0n) is 13.1. The number of aryl methyl sites for hydroxylation is 2. The average molecular weight is 329 g/mol. The summed E-state index contributed by atoms with van der Waals surface area (Å²) in [6.07, 6.45) is 8.17. The Labute approximate surface area is 137 Å². The minimum absolute atomic E-state index is 0.0657. The minimum atomic E-state index is 0.0657. The second-order valence-electron chi connectivity index (χ2n) is 5.89. The van der Waals surface area contributed by atoms with Crippen LogP contribution in [0.25, 0.3) is 10.2 Å². The Morgan fingerprint density at radius 2 is 2.22 bits per heavy atom. The van der Waals surface area contributed by atoms with Crippen LogP contribution in [-0.2, 0) is 26.4 Å². The molecule has 0 aromatic carbocycles. The molecule has 4 rings (SSSR count). The van der Waals surface area contributed by atoms with E-state index in [0.717, 1.165) is 29.6 Å². The molecule has 23 heavy (non-hydrogen) atoms. The van der Waals surface area contributed by atoms with Crippen molar-refractivity contribution < 1.29 is 0 Å². The fourth-order valence-corrected chi connectivity index (χ4v) is 4.41. The number of aromatic nitrogens is 4. The molecule has 3 aromatic rings. The lowest BCUT2D eigenvalue weighted by atomic mass is 9.97. The molecule has 0 aliphatic heterocycles. The van der Waals surface area contributed by atoms with E-state index in [-0.39, 0.29) is 5.56 Å². The molecular weight excluding hydrogens is 310 g/mol. The molecule has 0 unspecified atom stereocenters. The van der Waals surface area contributed by atoms with Gasteiger partial charge in [-0.1, -0.05) is 0 Å². The average Bonchev–Trinajstić information content (AvgIpc) is 3.19. The van der Waals surface area contributed by atoms with Gasteiger partial charge in [0, 0.05) is 30.9 Å². The highest BCUT2D eigenvalue weighted by Crippen LogP contribution is 2.34. The van der Waals surface area contributed by atoms with Crippen molar-refractivity contribution in [1.29, 1.82) is 0 Å². The topological polar surface area (TPSA) is 64.7 Å². The standard InChI is InChI=1S/C16H19N5OS/c1-20-15(22)13-11-5-2-3-6-12(11)23-14(13)19-16(20)17-8-10-21-9-4-7-18-21/h4,7,9H,2-3,5-6,8,10H2,1H3,(H,17,19). The van der Waals surface area contributed by atoms with Gasteiger partial charge in [0.1, 0.15) is 4.83 Å². The van der Waals surface area contributed by atoms with E-state index in [1.807, 2.05) is 16.9 Å². The number of rotatable bonds is 4. The molecule has 1 aliphatic carbocycles. The first-order chi connectivity index (χ1) is 11.2. The van der Waals surface area contributed by atoms with Crippen molar-refractivity contribution in [1.82, 2.24) is 19.3 Å². The van der Waals surface area contributed by atoms with Gasteiger partial charge in [-0.2, -0.15) is 5.10 Å². The molecule has 1 aliphatic rings. The predicted octanol–water partition coefficient (Wildman–Crippen LogP) is 2.18. The van der Waals surface area contributed by atoms with E-state index in [4.69, 9.17) is 4.98 Å². The van der Waals surface area contributed by atoms with Crippen molar-refractivity contribution in [3.63, 3.8) is 0 Å². The van der Waals surface area contributed by atoms with Crippen LogP contribution in [0, 0.1) is 0 Å². The SMILES string of the molecule is Cn1c(NCCn2cccn2)nc2sc3c(c2c1=O)CCCC3. The highest BCUT2D eigenvalue weighted by molar-refractivity contribution is 7.18. The van der Waals surface area contributed by atoms with E-state index < -0.39 is 0 Å². The van der Waals surface area contributed by atoms with E-state index in [2.05, 4.69) is 10.4 Å². The fraction of sp³-hybridized carbons (Fsp3) is 0.438. The van der Waals surface area contributed by atoms with E-state index in [1.54, 1.807) is 29.1 Å². The summed E-state index contributed by atoms with van der Waals surface area (Å²) >= 11 is 1.69. The van der Waals surface area contributed by atoms with E-state index in [9.17, 15) is 4.79 Å². The number of fused-ring (bicyclic) bond motifs is 3. The third-order valence-electron chi connectivity index (χ3n) is 4.38. The van der Waals surface area contributed by atoms with Gasteiger partial charge in [-0.05, 0) is 37.3 Å². The first-order valence-corrected chi connectivity index (χ1v) is 8.78. The molecule has 3 aromatic heterocycles. The van der Waals surface area contributed by atoms with Crippen molar-refractivity contribution >= 4 is 27.5 Å². The van der Waals surface area contributed by atoms with Crippen molar-refractivity contribution in [2.45, 2.75) is 32.2 Å². The molecule has 0 saturated heterocycles. The molecule has 0 radical (unpaired) electrons. The largest absolute Gasteiger partial charge is 0.354 e. The predicted molar refractivity (Wildman–Crippen MR) is 92.2 cm³/mol. The Morgan fingerprint density at radius 3 is 3.04 bits per heavy atom. The molecule has 0 atom stereocenters. The number of nitrogens with one attached hydrogen (secondary N) is 1. The summed E-state index contributed by atoms with van der Waals surface area (Å²) in [5.41, 5.74) is 1.31. The fourth-order valence-electron chi connectivity index (χ4n) is 3.16. The molecule has 6 nitrogen and oxygen atoms in total. The van der Waals surface area contributed by atoms with E-state index >= 15 is 0 Å². The zero-order valence-corrected chi connectivity index (χ0v) is 13.9. The number of hydrogen-bond acceptors (Lipinski definition) is 5. The van der Waals surface area contributed by atoms with Crippen molar-refractivity contribution in [2.24, 2.45) is 7.05 Å². The zero-order chi connectivity index (χ0) is 15.8. The van der Waals surface area contributed by atoms with Gasteiger partial charge < -0.3 is 5.32 Å². The minimum Gasteiger partial charge on any atom is -0.354 e. The van der Waals surface area contributed by atoms with Gasteiger partial charge in [0.15, 0.2) is 0 Å². The van der Waals surface area contributed by atoms with Gasteiger partial charge in [0.2, 0.25) is 5.95 Å². The quantitative estimate of drug-likeness (QED) is 0.797. The molecule has 0 amide bonds. The van der Waals surface area contributed by atoms with Crippen LogP contribution in [0.1, 0.15) is 23.3 Å². The van der Waals surface area contributed by atoms with Gasteiger partial charge in [-0.3, -0.25) is 14.0 Å². The lowest BCUT2D eigenvalue weighted by Gasteiger charge is -2.12. The molecule has 0 fully saturated rings. The van der Waals surface area contributed by atoms with Crippen LogP contribution in [0.3, 0.4) is 0 Å². The van der Waals surface area contributed by atoms with Gasteiger partial charge in [0.25, 0.3) is 5.56 Å². The Kier molecular flexibility index (Phi) is 3.65. The summed E-state index contributed by atoms with van der Waals surface area (Å²) in [4.78, 5) is 19.7. The molecule has 3 heterocycles. The van der Waals surface area contributed by atoms with Crippen LogP contribution in [0.2, 0.25) is 0 Å². The number of hydrogen-bond donors (Lipinski definition) is 1. The first kappa shape index (κ1) is 14.4. The van der Waals surface area contributed by atoms with Crippen LogP contribution in [0.4, 0.5) is 5.95 Å². The summed E-state index contributed by atoms with van der Waals surface area (Å²) in [6, 6.07) is 1.90. The van der Waals surface area contributed by atoms with Crippen LogP contribution in [-0.4, -0.2) is 25.9 Å². The smallest absolute Gasteiger partial charge is 0.263 e. The molecular formula is C16H19N5OS. The maximum absolute atomic E-state index is 12.7. The summed E-state index contributed by atoms with van der Waals surface area (Å²) in [5.74, 6) is 0.633. The Balaban J connectivity index is 1.65. The van der Waals surface area contributed by atoms with Gasteiger partial charge in [0.05, 0.1) is 11.9 Å². The normalized spacial score (nSPS) is 14.1. The molecule has 120 valence electrons. The van der Waals surface area contributed by atoms with Gasteiger partial charge >= 0.3 is 0 Å². The maximum atomic E-state index is 12.7. The highest BCUT2D eigenvalue weighted by Gasteiger charge is 2.20. The Hall–Kier alpha value is -2.15. The van der Waals surface area contributed by atoms with E-state index in [0.29, 0.717) is 12.5 Å². The summed E-state index contributed by atoms with van der Waals surface area (Å²) < 4.78 is 3.49. The first-order valence-electron chi connectivity index (χ1n) is 7.96. The number of anilines is 1. The summed E-state index contributed by atoms with van der Waals surface area (Å²) in [6.45, 7) is 1.42. The molecule has 0 saturated carbocycles. The summed E-state index contributed by atoms with van der Waals surface area (Å²) in [5, 5.41) is 8.27. The van der Waals surface area contributed by atoms with Crippen molar-refractivity contribution in [2.75, 3.05) is 11.9 Å². The van der Waals surface area contributed by atoms with Crippen LogP contribution in [0.15, 0.2) is 23.3 Å². The highest BCUT2D eigenvalue weighted by atomic mass is 32.1. The van der Waals surface area contributed by atoms with Crippen molar-refractivity contribution in [3.8, 4) is 0 Å². The Morgan fingerprint density at radius 1 is 1.35 bits per heavy atom. The van der Waals surface area contributed by atoms with Crippen LogP contribution < -0.4 is 10.9 Å². The third-order valence-corrected chi connectivity index (χ3v) is 5.57. The third kappa shape index (κ3) is 2.55. The lowest BCUT2D eigenvalue weighted by molar-refractivity contribution is 0.633. The monoisotopic (exact) mass is 329 g/mol. The summed E-state index contributed by atoms with van der Waals surface area (Å²) in [7, 11) is 1.79. The lowest BCUT2D eigenvalue weighted by Crippen LogP contribution is -2.24. The maximum Gasteiger partial charge on any atom is 0.263 e. The second-order valence-corrected chi connectivity index (χ2v) is 6.97. The van der Waals surface area contributed by atoms with Gasteiger partial charge in [-0.15, -0.1) is 11.3 Å². The van der Waals surface area contributed by atoms with Crippen LogP contribution >= 0.6 is 11.3 Å². The number of thiophene rings is 1. The van der Waals surface area contributed by atoms with Crippen LogP contribution in [0.5, 0.6) is 0 Å². The van der Waals surface area contributed by atoms with Gasteiger partial charge in [-0.25, -0.2) is 4.98 Å². The molecule has 1 N–H and O–H groups in total. The second kappa shape index (κ2) is 5.81.